The third kappa shape index (κ3) is 3.81. The molecule has 3 nitrogen and oxygen atoms in total. The predicted molar refractivity (Wildman–Crippen MR) is 82.0 cm³/mol. The van der Waals surface area contributed by atoms with E-state index in [2.05, 4.69) is 30.4 Å². The Balaban J connectivity index is 2.04. The molecule has 0 radical (unpaired) electrons. The zero-order valence-electron chi connectivity index (χ0n) is 12.7. The van der Waals surface area contributed by atoms with Crippen molar-refractivity contribution in [2.75, 3.05) is 20.3 Å². The topological polar surface area (TPSA) is 41.5 Å². The molecule has 20 heavy (non-hydrogen) atoms. The lowest BCUT2D eigenvalue weighted by Gasteiger charge is -2.25. The van der Waals surface area contributed by atoms with Crippen molar-refractivity contribution in [3.05, 3.63) is 34.9 Å². The number of aliphatic hydroxyl groups excluding tert-OH is 1. The third-order valence-electron chi connectivity index (χ3n) is 4.25. The maximum atomic E-state index is 10.6. The van der Waals surface area contributed by atoms with Gasteiger partial charge in [-0.15, -0.1) is 0 Å². The highest BCUT2D eigenvalue weighted by Crippen LogP contribution is 2.26. The van der Waals surface area contributed by atoms with Gasteiger partial charge in [0.25, 0.3) is 0 Å². The summed E-state index contributed by atoms with van der Waals surface area (Å²) < 4.78 is 5.05. The Kier molecular flexibility index (Phi) is 6.02. The molecule has 0 saturated heterocycles. The Morgan fingerprint density at radius 3 is 2.70 bits per heavy atom. The van der Waals surface area contributed by atoms with Crippen LogP contribution in [0.25, 0.3) is 0 Å². The summed E-state index contributed by atoms with van der Waals surface area (Å²) in [6.45, 7) is 3.55. The molecule has 0 heterocycles. The Morgan fingerprint density at radius 2 is 2.00 bits per heavy atom. The molecule has 0 saturated carbocycles. The normalized spacial score (nSPS) is 17.6. The fourth-order valence-electron chi connectivity index (χ4n) is 3.00. The molecule has 1 aliphatic rings. The Hall–Kier alpha value is -0.900. The summed E-state index contributed by atoms with van der Waals surface area (Å²) in [5.74, 6) is 0. The van der Waals surface area contributed by atoms with E-state index in [4.69, 9.17) is 4.74 Å². The Morgan fingerprint density at radius 1 is 1.25 bits per heavy atom. The van der Waals surface area contributed by atoms with Crippen molar-refractivity contribution < 1.29 is 9.84 Å². The van der Waals surface area contributed by atoms with E-state index in [1.54, 1.807) is 7.11 Å². The van der Waals surface area contributed by atoms with Gasteiger partial charge in [0.2, 0.25) is 0 Å². The van der Waals surface area contributed by atoms with Crippen LogP contribution in [0, 0.1) is 0 Å². The zero-order chi connectivity index (χ0) is 14.4. The Labute approximate surface area is 122 Å². The van der Waals surface area contributed by atoms with Crippen LogP contribution in [-0.4, -0.2) is 31.4 Å². The van der Waals surface area contributed by atoms with Gasteiger partial charge in [0.05, 0.1) is 12.7 Å². The quantitative estimate of drug-likeness (QED) is 0.753. The summed E-state index contributed by atoms with van der Waals surface area (Å²) in [5.41, 5.74) is 3.94. The number of aryl methyl sites for hydroxylation is 2. The smallest absolute Gasteiger partial charge is 0.0942 e. The van der Waals surface area contributed by atoms with Gasteiger partial charge >= 0.3 is 0 Å². The van der Waals surface area contributed by atoms with Crippen molar-refractivity contribution in [1.82, 2.24) is 5.32 Å². The summed E-state index contributed by atoms with van der Waals surface area (Å²) >= 11 is 0. The van der Waals surface area contributed by atoms with Gasteiger partial charge in [0.1, 0.15) is 0 Å². The minimum Gasteiger partial charge on any atom is -0.387 e. The van der Waals surface area contributed by atoms with Crippen molar-refractivity contribution in [1.29, 1.82) is 0 Å². The first-order valence-corrected chi connectivity index (χ1v) is 7.78. The molecular formula is C17H27NO2. The fraction of sp³-hybridized carbons (Fsp3) is 0.647. The van der Waals surface area contributed by atoms with Gasteiger partial charge in [0, 0.05) is 19.7 Å². The van der Waals surface area contributed by atoms with Crippen LogP contribution < -0.4 is 5.32 Å². The SMILES string of the molecule is CCC(NCCOC)C(O)c1ccc2c(c1)CCCC2. The maximum Gasteiger partial charge on any atom is 0.0942 e. The summed E-state index contributed by atoms with van der Waals surface area (Å²) in [5, 5.41) is 14.0. The van der Waals surface area contributed by atoms with Crippen molar-refractivity contribution in [3.63, 3.8) is 0 Å². The van der Waals surface area contributed by atoms with E-state index >= 15 is 0 Å². The molecule has 2 unspecified atom stereocenters. The van der Waals surface area contributed by atoms with E-state index in [9.17, 15) is 5.11 Å². The van der Waals surface area contributed by atoms with E-state index in [1.807, 2.05) is 0 Å². The molecule has 0 amide bonds. The number of ether oxygens (including phenoxy) is 1. The van der Waals surface area contributed by atoms with Gasteiger partial charge in [0.15, 0.2) is 0 Å². The summed E-state index contributed by atoms with van der Waals surface area (Å²) in [6, 6.07) is 6.59. The highest BCUT2D eigenvalue weighted by Gasteiger charge is 2.20. The third-order valence-corrected chi connectivity index (χ3v) is 4.25. The molecule has 2 rings (SSSR count). The molecule has 3 heteroatoms. The van der Waals surface area contributed by atoms with E-state index in [0.717, 1.165) is 24.9 Å². The summed E-state index contributed by atoms with van der Waals surface area (Å²) in [7, 11) is 1.70. The van der Waals surface area contributed by atoms with Crippen LogP contribution in [0.1, 0.15) is 49.0 Å². The first-order valence-electron chi connectivity index (χ1n) is 7.78. The average molecular weight is 277 g/mol. The highest BCUT2D eigenvalue weighted by molar-refractivity contribution is 5.35. The molecule has 2 atom stereocenters. The Bertz CT molecular complexity index is 419. The van der Waals surface area contributed by atoms with Gasteiger partial charge in [-0.3, -0.25) is 0 Å². The first kappa shape index (κ1) is 15.5. The molecule has 0 fully saturated rings. The molecule has 0 aliphatic heterocycles. The van der Waals surface area contributed by atoms with Gasteiger partial charge in [-0.2, -0.15) is 0 Å². The maximum absolute atomic E-state index is 10.6. The van der Waals surface area contributed by atoms with Crippen LogP contribution in [0.5, 0.6) is 0 Å². The van der Waals surface area contributed by atoms with Gasteiger partial charge < -0.3 is 15.2 Å². The second-order valence-corrected chi connectivity index (χ2v) is 5.64. The number of rotatable bonds is 7. The molecule has 1 aromatic carbocycles. The molecule has 0 aromatic heterocycles. The number of nitrogens with one attached hydrogen (secondary N) is 1. The van der Waals surface area contributed by atoms with Crippen molar-refractivity contribution >= 4 is 0 Å². The minimum absolute atomic E-state index is 0.0896. The molecule has 1 aromatic rings. The fourth-order valence-corrected chi connectivity index (χ4v) is 3.00. The van der Waals surface area contributed by atoms with Crippen LogP contribution in [0.2, 0.25) is 0 Å². The number of hydrogen-bond donors (Lipinski definition) is 2. The lowest BCUT2D eigenvalue weighted by atomic mass is 9.88. The second-order valence-electron chi connectivity index (χ2n) is 5.64. The number of hydrogen-bond acceptors (Lipinski definition) is 3. The molecule has 0 bridgehead atoms. The highest BCUT2D eigenvalue weighted by atomic mass is 16.5. The number of aliphatic hydroxyl groups is 1. The van der Waals surface area contributed by atoms with Gasteiger partial charge in [-0.25, -0.2) is 0 Å². The lowest BCUT2D eigenvalue weighted by molar-refractivity contribution is 0.117. The van der Waals surface area contributed by atoms with Crippen molar-refractivity contribution in [3.8, 4) is 0 Å². The van der Waals surface area contributed by atoms with Crippen molar-refractivity contribution in [2.24, 2.45) is 0 Å². The van der Waals surface area contributed by atoms with E-state index in [0.29, 0.717) is 6.61 Å². The van der Waals surface area contributed by atoms with E-state index in [1.165, 1.54) is 30.4 Å². The van der Waals surface area contributed by atoms with E-state index < -0.39 is 6.10 Å². The van der Waals surface area contributed by atoms with Gasteiger partial charge in [-0.1, -0.05) is 25.1 Å². The molecule has 0 spiro atoms. The average Bonchev–Trinajstić information content (AvgIpc) is 2.50. The lowest BCUT2D eigenvalue weighted by Crippen LogP contribution is -2.36. The minimum atomic E-state index is -0.441. The number of methoxy groups -OCH3 is 1. The summed E-state index contributed by atoms with van der Waals surface area (Å²) in [4.78, 5) is 0. The second kappa shape index (κ2) is 7.77. The van der Waals surface area contributed by atoms with Crippen molar-refractivity contribution in [2.45, 2.75) is 51.2 Å². The summed E-state index contributed by atoms with van der Waals surface area (Å²) in [6.07, 6.45) is 5.38. The predicted octanol–water partition coefficient (Wildman–Crippen LogP) is 2.61. The number of benzene rings is 1. The monoisotopic (exact) mass is 277 g/mol. The zero-order valence-corrected chi connectivity index (χ0v) is 12.7. The molecule has 1 aliphatic carbocycles. The van der Waals surface area contributed by atoms with Crippen LogP contribution in [0.4, 0.5) is 0 Å². The molecule has 2 N–H and O–H groups in total. The van der Waals surface area contributed by atoms with Crippen LogP contribution in [-0.2, 0) is 17.6 Å². The molecular weight excluding hydrogens is 250 g/mol. The standard InChI is InChI=1S/C17H27NO2/c1-3-16(18-10-11-20-2)17(19)15-9-8-13-6-4-5-7-14(13)12-15/h8-9,12,16-19H,3-7,10-11H2,1-2H3. The largest absolute Gasteiger partial charge is 0.387 e. The van der Waals surface area contributed by atoms with Crippen LogP contribution >= 0.6 is 0 Å². The van der Waals surface area contributed by atoms with Crippen LogP contribution in [0.3, 0.4) is 0 Å². The molecule has 112 valence electrons. The first-order chi connectivity index (χ1) is 9.76. The van der Waals surface area contributed by atoms with E-state index in [-0.39, 0.29) is 6.04 Å². The van der Waals surface area contributed by atoms with Gasteiger partial charge in [-0.05, 0) is 48.8 Å². The number of fused-ring (bicyclic) bond motifs is 1. The van der Waals surface area contributed by atoms with Crippen LogP contribution in [0.15, 0.2) is 18.2 Å².